The molecule has 89 heavy (non-hydrogen) atoms. The molecule has 2 unspecified atom stereocenters. The molecule has 0 saturated carbocycles. The average molecular weight is 1380 g/mol. The van der Waals surface area contributed by atoms with Crippen molar-refractivity contribution in [2.75, 3.05) is 0 Å². The molecule has 0 saturated heterocycles. The molecule has 4 nitrogen and oxygen atoms in total. The topological polar surface area (TPSA) is 51.6 Å². The van der Waals surface area contributed by atoms with Gasteiger partial charge in [0.1, 0.15) is 41.8 Å². The number of aryl methyl sites for hydroxylation is 2. The Morgan fingerprint density at radius 3 is 1.09 bits per heavy atom. The SMILES string of the molecule is CCCCCCc1ccc(-c2ccc(-c3ccc(-c4c(F)cc(-c5cc6c(s5)-c5sc(-c7cc(F)c(-c8ccc(-c9ccc(-c%10ccc(CCCCCC)s%10)s9)s8)c8nsnc78)cc5[Si]6(CC(CC)CCCC)CC(CC)CCCC)c5nsnc45)s3)s2)s1. The lowest BCUT2D eigenvalue weighted by Gasteiger charge is -2.35. The number of halogens is 2. The first-order valence-electron chi connectivity index (χ1n) is 32.4. The van der Waals surface area contributed by atoms with Gasteiger partial charge >= 0.3 is 0 Å². The predicted octanol–water partition coefficient (Wildman–Crippen LogP) is 26.0. The first kappa shape index (κ1) is 63.5. The van der Waals surface area contributed by atoms with Crippen LogP contribution in [-0.2, 0) is 12.8 Å². The summed E-state index contributed by atoms with van der Waals surface area (Å²) in [6.45, 7) is 14.0. The van der Waals surface area contributed by atoms with E-state index in [2.05, 4.69) is 126 Å². The van der Waals surface area contributed by atoms with Crippen molar-refractivity contribution in [3.05, 3.63) is 118 Å². The molecule has 0 spiro atoms. The normalized spacial score (nSPS) is 13.6. The molecule has 17 heteroatoms. The van der Waals surface area contributed by atoms with E-state index in [0.29, 0.717) is 34.0 Å². The highest BCUT2D eigenvalue weighted by molar-refractivity contribution is 7.32. The zero-order valence-electron chi connectivity index (χ0n) is 51.7. The number of thiophene rings is 8. The maximum absolute atomic E-state index is 17.4. The van der Waals surface area contributed by atoms with E-state index in [4.69, 9.17) is 17.5 Å². The van der Waals surface area contributed by atoms with E-state index in [9.17, 15) is 0 Å². The first-order valence-corrected chi connectivity index (χ1v) is 42.8. The van der Waals surface area contributed by atoms with Gasteiger partial charge in [0.15, 0.2) is 0 Å². The van der Waals surface area contributed by atoms with E-state index in [1.807, 2.05) is 68.0 Å². The molecule has 2 atom stereocenters. The largest absolute Gasteiger partial charge is 0.206 e. The number of hydrogen-bond acceptors (Lipinski definition) is 14. The Morgan fingerprint density at radius 1 is 0.360 bits per heavy atom. The molecule has 1 aliphatic rings. The van der Waals surface area contributed by atoms with Crippen LogP contribution in [0.1, 0.15) is 154 Å². The minimum absolute atomic E-state index is 0.264. The fourth-order valence-electron chi connectivity index (χ4n) is 13.5. The molecular formula is C72H76F2N4S10Si. The fourth-order valence-corrected chi connectivity index (χ4v) is 31.6. The van der Waals surface area contributed by atoms with Crippen LogP contribution in [0.25, 0.3) is 113 Å². The molecule has 13 rings (SSSR count). The van der Waals surface area contributed by atoms with Crippen LogP contribution in [0.4, 0.5) is 8.78 Å². The lowest BCUT2D eigenvalue weighted by molar-refractivity contribution is 0.469. The second-order valence-electron chi connectivity index (χ2n) is 24.3. The molecule has 12 aromatic rings. The van der Waals surface area contributed by atoms with Crippen molar-refractivity contribution in [3.63, 3.8) is 0 Å². The second kappa shape index (κ2) is 28.5. The van der Waals surface area contributed by atoms with Crippen molar-refractivity contribution in [2.45, 2.75) is 169 Å². The minimum Gasteiger partial charge on any atom is -0.206 e. The summed E-state index contributed by atoms with van der Waals surface area (Å²) in [5.41, 5.74) is 5.49. The summed E-state index contributed by atoms with van der Waals surface area (Å²) in [5.74, 6) is 0.617. The number of aromatic nitrogens is 4. The highest BCUT2D eigenvalue weighted by Gasteiger charge is 2.50. The summed E-state index contributed by atoms with van der Waals surface area (Å²) in [7, 11) is -2.56. The molecule has 2 aromatic carbocycles. The van der Waals surface area contributed by atoms with Crippen LogP contribution < -0.4 is 10.4 Å². The van der Waals surface area contributed by atoms with Gasteiger partial charge in [0, 0.05) is 89.2 Å². The van der Waals surface area contributed by atoms with E-state index in [1.165, 1.54) is 185 Å². The zero-order chi connectivity index (χ0) is 61.2. The Bertz CT molecular complexity index is 4080. The number of hydrogen-bond donors (Lipinski definition) is 0. The predicted molar refractivity (Wildman–Crippen MR) is 397 cm³/mol. The Morgan fingerprint density at radius 2 is 0.708 bits per heavy atom. The van der Waals surface area contributed by atoms with Crippen LogP contribution in [0.2, 0.25) is 12.1 Å². The van der Waals surface area contributed by atoms with Crippen molar-refractivity contribution in [1.82, 2.24) is 17.5 Å². The van der Waals surface area contributed by atoms with Crippen LogP contribution >= 0.6 is 114 Å². The Labute approximate surface area is 565 Å². The van der Waals surface area contributed by atoms with Gasteiger partial charge in [-0.3, -0.25) is 0 Å². The van der Waals surface area contributed by atoms with Gasteiger partial charge in [-0.15, -0.1) is 90.7 Å². The molecule has 0 fully saturated rings. The summed E-state index contributed by atoms with van der Waals surface area (Å²) in [6.07, 6.45) is 21.9. The molecular weight excluding hydrogens is 1310 g/mol. The Balaban J connectivity index is 0.850. The van der Waals surface area contributed by atoms with Crippen molar-refractivity contribution in [1.29, 1.82) is 0 Å². The van der Waals surface area contributed by atoms with Crippen LogP contribution in [-0.4, -0.2) is 25.6 Å². The van der Waals surface area contributed by atoms with Gasteiger partial charge in [-0.1, -0.05) is 131 Å². The zero-order valence-corrected chi connectivity index (χ0v) is 60.8. The summed E-state index contributed by atoms with van der Waals surface area (Å²) < 4.78 is 54.7. The van der Waals surface area contributed by atoms with E-state index in [1.54, 1.807) is 34.8 Å². The highest BCUT2D eigenvalue weighted by Crippen LogP contribution is 2.53. The lowest BCUT2D eigenvalue weighted by Crippen LogP contribution is -2.56. The van der Waals surface area contributed by atoms with Gasteiger partial charge in [-0.05, 0) is 157 Å². The van der Waals surface area contributed by atoms with Gasteiger partial charge in [-0.2, -0.15) is 17.5 Å². The minimum atomic E-state index is -2.56. The van der Waals surface area contributed by atoms with Gasteiger partial charge < -0.3 is 0 Å². The number of rotatable bonds is 30. The molecule has 0 bridgehead atoms. The van der Waals surface area contributed by atoms with Crippen molar-refractivity contribution < 1.29 is 8.78 Å². The summed E-state index contributed by atoms with van der Waals surface area (Å²) >= 11 is 16.7. The van der Waals surface area contributed by atoms with Crippen molar-refractivity contribution in [3.8, 4) is 90.5 Å². The quantitative estimate of drug-likeness (QED) is 0.0333. The summed E-state index contributed by atoms with van der Waals surface area (Å²) in [5, 5.41) is 3.01. The fraction of sp³-hybridized carbons (Fsp3) is 0.389. The van der Waals surface area contributed by atoms with E-state index in [0.717, 1.165) is 77.1 Å². The number of fused-ring (bicyclic) bond motifs is 5. The maximum atomic E-state index is 17.4. The first-order chi connectivity index (χ1) is 43.6. The second-order valence-corrected chi connectivity index (χ2v) is 38.2. The van der Waals surface area contributed by atoms with Crippen LogP contribution in [0.15, 0.2) is 97.1 Å². The van der Waals surface area contributed by atoms with Crippen LogP contribution in [0.5, 0.6) is 0 Å². The highest BCUT2D eigenvalue weighted by atomic mass is 32.1. The average Bonchev–Trinajstić information content (AvgIpc) is 1.55. The van der Waals surface area contributed by atoms with Gasteiger partial charge in [-0.25, -0.2) is 8.78 Å². The van der Waals surface area contributed by atoms with E-state index < -0.39 is 8.07 Å². The molecule has 1 aliphatic heterocycles. The Kier molecular flexibility index (Phi) is 20.4. The molecule has 0 radical (unpaired) electrons. The van der Waals surface area contributed by atoms with E-state index in [-0.39, 0.29) is 11.6 Å². The third kappa shape index (κ3) is 13.0. The van der Waals surface area contributed by atoms with Crippen molar-refractivity contribution in [2.24, 2.45) is 11.8 Å². The third-order valence-corrected chi connectivity index (χ3v) is 35.1. The molecule has 0 aliphatic carbocycles. The monoisotopic (exact) mass is 1380 g/mol. The summed E-state index contributed by atoms with van der Waals surface area (Å²) in [4.78, 5) is 19.2. The Hall–Kier alpha value is -4.24. The molecule has 462 valence electrons. The molecule has 10 aromatic heterocycles. The van der Waals surface area contributed by atoms with E-state index >= 15 is 8.78 Å². The third-order valence-electron chi connectivity index (χ3n) is 18.3. The van der Waals surface area contributed by atoms with Crippen LogP contribution in [0.3, 0.4) is 0 Å². The van der Waals surface area contributed by atoms with Gasteiger partial charge in [0.25, 0.3) is 0 Å². The molecule has 11 heterocycles. The maximum Gasteiger partial charge on any atom is 0.134 e. The smallest absolute Gasteiger partial charge is 0.134 e. The summed E-state index contributed by atoms with van der Waals surface area (Å²) in [6, 6.07) is 37.4. The number of benzene rings is 2. The van der Waals surface area contributed by atoms with Gasteiger partial charge in [0.05, 0.1) is 34.6 Å². The van der Waals surface area contributed by atoms with Gasteiger partial charge in [0.2, 0.25) is 0 Å². The molecule has 0 N–H and O–H groups in total. The lowest BCUT2D eigenvalue weighted by atomic mass is 10.0. The molecule has 0 amide bonds. The number of nitrogens with zero attached hydrogens (tertiary/aromatic N) is 4. The standard InChI is InChI=1S/C72H76F2N4S10Si/c1-7-13-17-19-23-45-25-27-51(79-45)53-29-31-55(81-53)57-33-35-59(83-57)65-49(73)37-47(67-69(65)77-87-75-67)61-39-63-71(85-61)72-64(89(63,41-43(11-5)21-15-9-3)42-44(12-6)22-16-10-4)40-62(86-72)48-38-50(74)66(70-68(48)76-88-78-70)60-36-34-58(84-60)56-32-30-54(82-56)52-28-26-46(80-52)24-20-18-14-8-2/h25-40,43-44H,7-24,41-42H2,1-6H3. The number of unbranched alkanes of at least 4 members (excludes halogenated alkanes) is 8. The van der Waals surface area contributed by atoms with Crippen LogP contribution in [0, 0.1) is 23.5 Å². The van der Waals surface area contributed by atoms with Crippen molar-refractivity contribution >= 4 is 155 Å².